The van der Waals surface area contributed by atoms with E-state index in [1.54, 1.807) is 23.9 Å². The van der Waals surface area contributed by atoms with E-state index in [2.05, 4.69) is 30.9 Å². The third kappa shape index (κ3) is 2.61. The Morgan fingerprint density at radius 1 is 1.50 bits per heavy atom. The van der Waals surface area contributed by atoms with Crippen molar-refractivity contribution in [2.24, 2.45) is 0 Å². The summed E-state index contributed by atoms with van der Waals surface area (Å²) in [6, 6.07) is 1.87. The Morgan fingerprint density at radius 3 is 2.95 bits per heavy atom. The molecular formula is C11H12ClN7O. The minimum atomic E-state index is -0.412. The number of nitrogens with zero attached hydrogens (tertiary/aromatic N) is 5. The van der Waals surface area contributed by atoms with Gasteiger partial charge in [0.15, 0.2) is 5.69 Å². The molecule has 0 aliphatic carbocycles. The Hall–Kier alpha value is -2.06. The van der Waals surface area contributed by atoms with E-state index in [9.17, 15) is 4.79 Å². The number of hydrogen-bond donors (Lipinski definition) is 2. The maximum atomic E-state index is 12.0. The van der Waals surface area contributed by atoms with Crippen molar-refractivity contribution in [3.63, 3.8) is 0 Å². The van der Waals surface area contributed by atoms with Crippen molar-refractivity contribution >= 4 is 23.5 Å². The van der Waals surface area contributed by atoms with Crippen molar-refractivity contribution in [2.45, 2.75) is 13.0 Å². The lowest BCUT2D eigenvalue weighted by Crippen LogP contribution is -2.43. The maximum Gasteiger partial charge on any atom is 0.280 e. The third-order valence-corrected chi connectivity index (χ3v) is 3.12. The Balaban J connectivity index is 1.73. The summed E-state index contributed by atoms with van der Waals surface area (Å²) in [5.41, 5.74) is 0.891. The Labute approximate surface area is 119 Å². The van der Waals surface area contributed by atoms with Gasteiger partial charge in [0.2, 0.25) is 5.95 Å². The molecule has 0 spiro atoms. The largest absolute Gasteiger partial charge is 0.312 e. The van der Waals surface area contributed by atoms with Crippen LogP contribution >= 0.6 is 11.6 Å². The molecule has 3 heterocycles. The van der Waals surface area contributed by atoms with Gasteiger partial charge in [-0.2, -0.15) is 0 Å². The maximum absolute atomic E-state index is 12.0. The van der Waals surface area contributed by atoms with Gasteiger partial charge < -0.3 is 5.32 Å². The highest BCUT2D eigenvalue weighted by Crippen LogP contribution is 2.12. The van der Waals surface area contributed by atoms with Crippen molar-refractivity contribution in [1.29, 1.82) is 0 Å². The molecule has 3 rings (SSSR count). The first-order chi connectivity index (χ1) is 9.61. The van der Waals surface area contributed by atoms with Crippen LogP contribution in [0, 0.1) is 6.92 Å². The summed E-state index contributed by atoms with van der Waals surface area (Å²) >= 11 is 5.81. The van der Waals surface area contributed by atoms with E-state index in [-0.39, 0.29) is 22.8 Å². The van der Waals surface area contributed by atoms with Gasteiger partial charge in [-0.15, -0.1) is 5.10 Å². The molecule has 104 valence electrons. The molecule has 2 N–H and O–H groups in total. The van der Waals surface area contributed by atoms with Gasteiger partial charge in [-0.05, 0) is 13.0 Å². The average molecular weight is 294 g/mol. The number of rotatable bonds is 3. The fraction of sp³-hybridized carbons (Fsp3) is 0.364. The normalized spacial score (nSPS) is 14.9. The molecule has 1 aliphatic rings. The van der Waals surface area contributed by atoms with Crippen LogP contribution < -0.4 is 10.6 Å². The molecule has 0 radical (unpaired) electrons. The first-order valence-corrected chi connectivity index (χ1v) is 6.45. The third-order valence-electron chi connectivity index (χ3n) is 2.93. The van der Waals surface area contributed by atoms with Crippen LogP contribution in [0.15, 0.2) is 12.3 Å². The van der Waals surface area contributed by atoms with Gasteiger partial charge in [0, 0.05) is 18.8 Å². The second-order valence-corrected chi connectivity index (χ2v) is 4.89. The second kappa shape index (κ2) is 5.14. The molecule has 0 unspecified atom stereocenters. The minimum absolute atomic E-state index is 0.153. The van der Waals surface area contributed by atoms with Gasteiger partial charge >= 0.3 is 0 Å². The highest BCUT2D eigenvalue weighted by atomic mass is 35.5. The number of amides is 1. The summed E-state index contributed by atoms with van der Waals surface area (Å²) in [6.45, 7) is 3.44. The zero-order valence-electron chi connectivity index (χ0n) is 10.7. The van der Waals surface area contributed by atoms with Crippen LogP contribution in [0.3, 0.4) is 0 Å². The van der Waals surface area contributed by atoms with Crippen molar-refractivity contribution < 1.29 is 4.79 Å². The van der Waals surface area contributed by atoms with Crippen LogP contribution in [0.2, 0.25) is 5.15 Å². The molecule has 0 saturated carbocycles. The number of carbonyl (C=O) groups excluding carboxylic acids is 1. The van der Waals surface area contributed by atoms with E-state index in [1.807, 2.05) is 0 Å². The molecule has 20 heavy (non-hydrogen) atoms. The predicted octanol–water partition coefficient (Wildman–Crippen LogP) is 0.427. The first kappa shape index (κ1) is 12.9. The number of nitrogens with one attached hydrogen (secondary N) is 2. The fourth-order valence-electron chi connectivity index (χ4n) is 1.77. The molecule has 9 heteroatoms. The van der Waals surface area contributed by atoms with Crippen LogP contribution in [-0.2, 0) is 0 Å². The molecule has 1 aliphatic heterocycles. The van der Waals surface area contributed by atoms with Crippen LogP contribution in [0.5, 0.6) is 0 Å². The van der Waals surface area contributed by atoms with E-state index < -0.39 is 5.91 Å². The van der Waals surface area contributed by atoms with Crippen molar-refractivity contribution in [3.05, 3.63) is 28.8 Å². The molecule has 2 aromatic rings. The second-order valence-electron chi connectivity index (χ2n) is 4.51. The monoisotopic (exact) mass is 293 g/mol. The summed E-state index contributed by atoms with van der Waals surface area (Å²) in [5.74, 6) is -0.259. The topological polar surface area (TPSA) is 97.6 Å². The van der Waals surface area contributed by atoms with E-state index in [4.69, 9.17) is 11.6 Å². The Bertz CT molecular complexity index is 632. The molecule has 1 amide bonds. The lowest BCUT2D eigenvalue weighted by molar-refractivity contribution is 0.102. The van der Waals surface area contributed by atoms with E-state index >= 15 is 0 Å². The van der Waals surface area contributed by atoms with Gasteiger partial charge in [-0.25, -0.2) is 14.6 Å². The van der Waals surface area contributed by atoms with E-state index in [0.717, 1.165) is 13.1 Å². The van der Waals surface area contributed by atoms with Gasteiger partial charge in [-0.3, -0.25) is 10.1 Å². The molecule has 0 atom stereocenters. The molecule has 0 bridgehead atoms. The number of halogens is 1. The quantitative estimate of drug-likeness (QED) is 0.796. The lowest BCUT2D eigenvalue weighted by Gasteiger charge is -2.26. The van der Waals surface area contributed by atoms with Crippen LogP contribution in [0.25, 0.3) is 0 Å². The fourth-order valence-corrected chi connectivity index (χ4v) is 2.01. The van der Waals surface area contributed by atoms with Crippen molar-refractivity contribution in [2.75, 3.05) is 18.4 Å². The summed E-state index contributed by atoms with van der Waals surface area (Å²) in [6.07, 6.45) is 1.61. The Morgan fingerprint density at radius 2 is 2.30 bits per heavy atom. The number of carbonyl (C=O) groups is 1. The minimum Gasteiger partial charge on any atom is -0.312 e. The predicted molar refractivity (Wildman–Crippen MR) is 71.7 cm³/mol. The standard InChI is InChI=1S/C11H12ClN7O/c1-6-2-9(12)15-11(14-6)16-10(20)8-5-19(18-17-8)7-3-13-4-7/h2,5,7,13H,3-4H2,1H3,(H,14,15,16,20). The van der Waals surface area contributed by atoms with Gasteiger partial charge in [0.1, 0.15) is 5.15 Å². The average Bonchev–Trinajstić information content (AvgIpc) is 2.74. The summed E-state index contributed by atoms with van der Waals surface area (Å²) in [5, 5.41) is 13.7. The summed E-state index contributed by atoms with van der Waals surface area (Å²) in [4.78, 5) is 20.0. The highest BCUT2D eigenvalue weighted by molar-refractivity contribution is 6.29. The zero-order chi connectivity index (χ0) is 14.1. The summed E-state index contributed by atoms with van der Waals surface area (Å²) < 4.78 is 1.68. The number of anilines is 1. The van der Waals surface area contributed by atoms with E-state index in [0.29, 0.717) is 5.69 Å². The molecule has 0 aromatic carbocycles. The number of aryl methyl sites for hydroxylation is 1. The van der Waals surface area contributed by atoms with Crippen molar-refractivity contribution in [1.82, 2.24) is 30.3 Å². The highest BCUT2D eigenvalue weighted by Gasteiger charge is 2.22. The van der Waals surface area contributed by atoms with E-state index in [1.165, 1.54) is 0 Å². The molecule has 1 fully saturated rings. The zero-order valence-corrected chi connectivity index (χ0v) is 11.4. The van der Waals surface area contributed by atoms with Crippen LogP contribution in [0.4, 0.5) is 5.95 Å². The van der Waals surface area contributed by atoms with Crippen LogP contribution in [-0.4, -0.2) is 44.0 Å². The van der Waals surface area contributed by atoms with Crippen LogP contribution in [0.1, 0.15) is 22.2 Å². The van der Waals surface area contributed by atoms with Crippen molar-refractivity contribution in [3.8, 4) is 0 Å². The van der Waals surface area contributed by atoms with Gasteiger partial charge in [-0.1, -0.05) is 16.8 Å². The summed E-state index contributed by atoms with van der Waals surface area (Å²) in [7, 11) is 0. The smallest absolute Gasteiger partial charge is 0.280 e. The molecule has 2 aromatic heterocycles. The molecular weight excluding hydrogens is 282 g/mol. The number of hydrogen-bond acceptors (Lipinski definition) is 6. The number of aromatic nitrogens is 5. The van der Waals surface area contributed by atoms with Gasteiger partial charge in [0.25, 0.3) is 5.91 Å². The lowest BCUT2D eigenvalue weighted by atomic mass is 10.2. The Kier molecular flexibility index (Phi) is 3.33. The SMILES string of the molecule is Cc1cc(Cl)nc(NC(=O)c2cn(C3CNC3)nn2)n1. The first-order valence-electron chi connectivity index (χ1n) is 6.07. The van der Waals surface area contributed by atoms with Gasteiger partial charge in [0.05, 0.1) is 12.2 Å². The molecule has 8 nitrogen and oxygen atoms in total. The molecule has 1 saturated heterocycles.